The predicted octanol–water partition coefficient (Wildman–Crippen LogP) is 5.45. The van der Waals surface area contributed by atoms with E-state index in [4.69, 9.17) is 4.74 Å². The van der Waals surface area contributed by atoms with E-state index in [1.165, 1.54) is 11.1 Å². The predicted molar refractivity (Wildman–Crippen MR) is 102 cm³/mol. The van der Waals surface area contributed by atoms with Gasteiger partial charge in [0, 0.05) is 6.42 Å². The van der Waals surface area contributed by atoms with Crippen LogP contribution >= 0.6 is 0 Å². The molecule has 0 aromatic heterocycles. The third-order valence-corrected chi connectivity index (χ3v) is 5.07. The summed E-state index contributed by atoms with van der Waals surface area (Å²) in [6, 6.07) is 12.4. The topological polar surface area (TPSA) is 26.3 Å². The van der Waals surface area contributed by atoms with E-state index < -0.39 is 5.97 Å². The van der Waals surface area contributed by atoms with Gasteiger partial charge < -0.3 is 4.74 Å². The van der Waals surface area contributed by atoms with Crippen LogP contribution in [0.25, 0.3) is 0 Å². The zero-order valence-corrected chi connectivity index (χ0v) is 15.7. The first-order valence-corrected chi connectivity index (χ1v) is 9.71. The number of esters is 1. The molecule has 0 radical (unpaired) electrons. The third-order valence-electron chi connectivity index (χ3n) is 5.07. The van der Waals surface area contributed by atoms with Crippen molar-refractivity contribution in [3.8, 4) is 0 Å². The number of fused-ring (bicyclic) bond motifs is 1. The van der Waals surface area contributed by atoms with Gasteiger partial charge in [0.1, 0.15) is 11.9 Å². The zero-order valence-electron chi connectivity index (χ0n) is 15.7. The van der Waals surface area contributed by atoms with Gasteiger partial charge in [-0.3, -0.25) is 0 Å². The van der Waals surface area contributed by atoms with Crippen LogP contribution in [0.3, 0.4) is 0 Å². The van der Waals surface area contributed by atoms with Crippen molar-refractivity contribution in [2.75, 3.05) is 0 Å². The Bertz CT molecular complexity index is 765. The number of carbonyl (C=O) groups is 1. The molecule has 0 fully saturated rings. The van der Waals surface area contributed by atoms with E-state index in [2.05, 4.69) is 31.2 Å². The molecule has 0 saturated carbocycles. The Hall–Kier alpha value is -2.16. The van der Waals surface area contributed by atoms with Crippen molar-refractivity contribution in [2.24, 2.45) is 0 Å². The number of ether oxygens (including phenoxy) is 1. The second kappa shape index (κ2) is 8.48. The summed E-state index contributed by atoms with van der Waals surface area (Å²) in [5.74, 6) is -0.899. The van der Waals surface area contributed by atoms with Crippen molar-refractivity contribution >= 4 is 5.97 Å². The summed E-state index contributed by atoms with van der Waals surface area (Å²) < 4.78 is 20.1. The van der Waals surface area contributed by atoms with Crippen LogP contribution < -0.4 is 0 Å². The van der Waals surface area contributed by atoms with Gasteiger partial charge in [0.05, 0.1) is 5.56 Å². The first kappa shape index (κ1) is 18.6. The number of hydrogen-bond acceptors (Lipinski definition) is 2. The smallest absolute Gasteiger partial charge is 0.341 e. The SMILES string of the molecule is CCCc1ccc(CCC2Cc3ccc(CCC)c(F)c3C(=O)O2)cc1. The molecule has 1 unspecified atom stereocenters. The number of halogens is 1. The van der Waals surface area contributed by atoms with Gasteiger partial charge >= 0.3 is 5.97 Å². The highest BCUT2D eigenvalue weighted by Crippen LogP contribution is 2.28. The van der Waals surface area contributed by atoms with Crippen LogP contribution in [-0.2, 0) is 30.4 Å². The molecule has 0 amide bonds. The first-order valence-electron chi connectivity index (χ1n) is 9.71. The highest BCUT2D eigenvalue weighted by Gasteiger charge is 2.30. The molecule has 2 nitrogen and oxygen atoms in total. The van der Waals surface area contributed by atoms with Gasteiger partial charge in [-0.2, -0.15) is 0 Å². The third kappa shape index (κ3) is 4.14. The van der Waals surface area contributed by atoms with E-state index in [-0.39, 0.29) is 17.5 Å². The van der Waals surface area contributed by atoms with Gasteiger partial charge in [0.15, 0.2) is 0 Å². The Morgan fingerprint density at radius 3 is 2.27 bits per heavy atom. The standard InChI is InChI=1S/C23H27FO2/c1-3-5-16-7-9-17(10-8-16)11-14-20-15-19-13-12-18(6-4-2)22(24)21(19)23(25)26-20/h7-10,12-13,20H,3-6,11,14-15H2,1-2H3. The maximum absolute atomic E-state index is 14.6. The van der Waals surface area contributed by atoms with Gasteiger partial charge in [-0.1, -0.05) is 63.1 Å². The molecular weight excluding hydrogens is 327 g/mol. The van der Waals surface area contributed by atoms with Crippen LogP contribution in [0.15, 0.2) is 36.4 Å². The first-order chi connectivity index (χ1) is 12.6. The molecule has 1 atom stereocenters. The lowest BCUT2D eigenvalue weighted by atomic mass is 9.92. The monoisotopic (exact) mass is 354 g/mol. The van der Waals surface area contributed by atoms with Crippen molar-refractivity contribution in [1.29, 1.82) is 0 Å². The molecule has 1 aliphatic rings. The molecular formula is C23H27FO2. The minimum Gasteiger partial charge on any atom is -0.458 e. The van der Waals surface area contributed by atoms with Crippen LogP contribution in [-0.4, -0.2) is 12.1 Å². The molecule has 2 aromatic carbocycles. The van der Waals surface area contributed by atoms with E-state index in [1.54, 1.807) is 0 Å². The molecule has 0 saturated heterocycles. The Balaban J connectivity index is 1.65. The normalized spacial score (nSPS) is 16.3. The maximum atomic E-state index is 14.6. The Labute approximate surface area is 155 Å². The summed E-state index contributed by atoms with van der Waals surface area (Å²) in [6.45, 7) is 4.18. The average Bonchev–Trinajstić information content (AvgIpc) is 2.63. The molecule has 0 N–H and O–H groups in total. The molecule has 3 heteroatoms. The molecule has 1 heterocycles. The van der Waals surface area contributed by atoms with E-state index in [1.807, 2.05) is 19.1 Å². The van der Waals surface area contributed by atoms with Gasteiger partial charge in [-0.15, -0.1) is 0 Å². The van der Waals surface area contributed by atoms with Crippen LogP contribution in [0.4, 0.5) is 4.39 Å². The van der Waals surface area contributed by atoms with Gasteiger partial charge in [0.25, 0.3) is 0 Å². The minimum atomic E-state index is -0.509. The van der Waals surface area contributed by atoms with Crippen molar-refractivity contribution < 1.29 is 13.9 Å². The quantitative estimate of drug-likeness (QED) is 0.619. The summed E-state index contributed by atoms with van der Waals surface area (Å²) in [5, 5.41) is 0. The van der Waals surface area contributed by atoms with Gasteiger partial charge in [0.2, 0.25) is 0 Å². The Kier molecular flexibility index (Phi) is 6.08. The number of carbonyl (C=O) groups excluding carboxylic acids is 1. The van der Waals surface area contributed by atoms with Gasteiger partial charge in [-0.05, 0) is 47.9 Å². The molecule has 2 aromatic rings. The van der Waals surface area contributed by atoms with Crippen molar-refractivity contribution in [1.82, 2.24) is 0 Å². The second-order valence-corrected chi connectivity index (χ2v) is 7.16. The molecule has 3 rings (SSSR count). The maximum Gasteiger partial charge on any atom is 0.341 e. The van der Waals surface area contributed by atoms with E-state index >= 15 is 0 Å². The Morgan fingerprint density at radius 1 is 0.962 bits per heavy atom. The number of rotatable bonds is 7. The highest BCUT2D eigenvalue weighted by atomic mass is 19.1. The van der Waals surface area contributed by atoms with Crippen LogP contribution in [0, 0.1) is 5.82 Å². The fraction of sp³-hybridized carbons (Fsp3) is 0.435. The lowest BCUT2D eigenvalue weighted by Gasteiger charge is -2.25. The van der Waals surface area contributed by atoms with Crippen LogP contribution in [0.5, 0.6) is 0 Å². The zero-order chi connectivity index (χ0) is 18.5. The summed E-state index contributed by atoms with van der Waals surface area (Å²) in [7, 11) is 0. The molecule has 0 spiro atoms. The van der Waals surface area contributed by atoms with Crippen molar-refractivity contribution in [3.05, 3.63) is 70.0 Å². The summed E-state index contributed by atoms with van der Waals surface area (Å²) in [5.41, 5.74) is 4.13. The fourth-order valence-electron chi connectivity index (χ4n) is 3.66. The van der Waals surface area contributed by atoms with E-state index in [0.717, 1.165) is 37.7 Å². The average molecular weight is 354 g/mol. The Morgan fingerprint density at radius 2 is 1.62 bits per heavy atom. The number of hydrogen-bond donors (Lipinski definition) is 0. The highest BCUT2D eigenvalue weighted by molar-refractivity contribution is 5.92. The number of benzene rings is 2. The summed E-state index contributed by atoms with van der Waals surface area (Å²) in [4.78, 5) is 12.3. The number of aryl methyl sites for hydroxylation is 3. The van der Waals surface area contributed by atoms with Crippen molar-refractivity contribution in [2.45, 2.75) is 64.9 Å². The number of cyclic esters (lactones) is 1. The second-order valence-electron chi connectivity index (χ2n) is 7.16. The van der Waals surface area contributed by atoms with Crippen molar-refractivity contribution in [3.63, 3.8) is 0 Å². The minimum absolute atomic E-state index is 0.149. The molecule has 26 heavy (non-hydrogen) atoms. The van der Waals surface area contributed by atoms with Crippen LogP contribution in [0.2, 0.25) is 0 Å². The molecule has 0 aliphatic carbocycles. The van der Waals surface area contributed by atoms with E-state index in [9.17, 15) is 9.18 Å². The summed E-state index contributed by atoms with van der Waals surface area (Å²) >= 11 is 0. The molecule has 1 aliphatic heterocycles. The van der Waals surface area contributed by atoms with Crippen LogP contribution in [0.1, 0.15) is 65.7 Å². The molecule has 0 bridgehead atoms. The molecule has 138 valence electrons. The fourth-order valence-corrected chi connectivity index (χ4v) is 3.66. The summed E-state index contributed by atoms with van der Waals surface area (Å²) in [6.07, 6.45) is 5.77. The lowest BCUT2D eigenvalue weighted by Crippen LogP contribution is -2.29. The van der Waals surface area contributed by atoms with Gasteiger partial charge in [-0.25, -0.2) is 9.18 Å². The van der Waals surface area contributed by atoms with E-state index in [0.29, 0.717) is 18.4 Å². The largest absolute Gasteiger partial charge is 0.458 e. The lowest BCUT2D eigenvalue weighted by molar-refractivity contribution is 0.0231.